The number of rotatable bonds is 5. The highest BCUT2D eigenvalue weighted by Gasteiger charge is 2.38. The highest BCUT2D eigenvalue weighted by atomic mass is 32.1. The van der Waals surface area contributed by atoms with Gasteiger partial charge in [0.1, 0.15) is 5.00 Å². The highest BCUT2D eigenvalue weighted by molar-refractivity contribution is 7.16. The molecule has 0 fully saturated rings. The molecule has 1 aliphatic rings. The summed E-state index contributed by atoms with van der Waals surface area (Å²) in [7, 11) is 1.30. The molecule has 0 aromatic carbocycles. The normalized spacial score (nSPS) is 20.0. The Morgan fingerprint density at radius 2 is 1.73 bits per heavy atom. The molecule has 2 atom stereocenters. The monoisotopic (exact) mass is 379 g/mol. The van der Waals surface area contributed by atoms with Gasteiger partial charge in [0.2, 0.25) is 5.91 Å². The molecule has 0 unspecified atom stereocenters. The first kappa shape index (κ1) is 20.2. The molecule has 0 saturated heterocycles. The van der Waals surface area contributed by atoms with Crippen LogP contribution in [0.5, 0.6) is 0 Å². The number of carboxylic acids is 1. The van der Waals surface area contributed by atoms with E-state index in [-0.39, 0.29) is 5.91 Å². The van der Waals surface area contributed by atoms with E-state index in [1.165, 1.54) is 18.4 Å². The van der Waals surface area contributed by atoms with Crippen LogP contribution >= 0.6 is 11.3 Å². The van der Waals surface area contributed by atoms with Gasteiger partial charge >= 0.3 is 11.9 Å². The number of carbonyl (C=O) groups is 3. The Morgan fingerprint density at radius 1 is 1.15 bits per heavy atom. The van der Waals surface area contributed by atoms with Gasteiger partial charge in [-0.1, -0.05) is 18.1 Å². The minimum Gasteiger partial charge on any atom is -0.481 e. The summed E-state index contributed by atoms with van der Waals surface area (Å²) in [5, 5.41) is 12.8. The van der Waals surface area contributed by atoms with Gasteiger partial charge in [-0.3, -0.25) is 9.59 Å². The van der Waals surface area contributed by atoms with Crippen molar-refractivity contribution >= 4 is 34.2 Å². The van der Waals surface area contributed by atoms with Crippen LogP contribution in [0.1, 0.15) is 54.4 Å². The number of allylic oxidation sites excluding steroid dienone is 2. The van der Waals surface area contributed by atoms with E-state index in [1.807, 2.05) is 27.7 Å². The summed E-state index contributed by atoms with van der Waals surface area (Å²) in [6.45, 7) is 7.66. The van der Waals surface area contributed by atoms with Gasteiger partial charge in [0.15, 0.2) is 0 Å². The van der Waals surface area contributed by atoms with Crippen molar-refractivity contribution in [3.05, 3.63) is 27.2 Å². The molecule has 1 amide bonds. The number of aryl methyl sites for hydroxylation is 1. The number of thiophene rings is 1. The van der Waals surface area contributed by atoms with Gasteiger partial charge < -0.3 is 15.2 Å². The molecular weight excluding hydrogens is 354 g/mol. The van der Waals surface area contributed by atoms with E-state index >= 15 is 0 Å². The van der Waals surface area contributed by atoms with Crippen LogP contribution in [-0.2, 0) is 20.7 Å². The molecule has 0 bridgehead atoms. The van der Waals surface area contributed by atoms with E-state index in [2.05, 4.69) is 5.32 Å². The summed E-state index contributed by atoms with van der Waals surface area (Å²) >= 11 is 1.32. The number of hydrogen-bond donors (Lipinski definition) is 2. The number of aliphatic carboxylic acids is 1. The Kier molecular flexibility index (Phi) is 6.23. The molecule has 0 spiro atoms. The molecule has 1 heterocycles. The number of esters is 1. The van der Waals surface area contributed by atoms with E-state index in [9.17, 15) is 19.5 Å². The number of methoxy groups -OCH3 is 1. The third-order valence-electron chi connectivity index (χ3n) is 5.11. The second-order valence-electron chi connectivity index (χ2n) is 6.70. The van der Waals surface area contributed by atoms with E-state index < -0.39 is 23.8 Å². The molecule has 26 heavy (non-hydrogen) atoms. The molecule has 0 saturated carbocycles. The number of amides is 1. The Hall–Kier alpha value is -2.15. The van der Waals surface area contributed by atoms with Gasteiger partial charge in [0.05, 0.1) is 24.5 Å². The Balaban J connectivity index is 2.35. The van der Waals surface area contributed by atoms with Crippen molar-refractivity contribution < 1.29 is 24.2 Å². The molecule has 2 N–H and O–H groups in total. The maximum atomic E-state index is 12.9. The number of carboxylic acid groups (broad SMARTS) is 1. The van der Waals surface area contributed by atoms with Crippen molar-refractivity contribution in [2.24, 2.45) is 11.8 Å². The van der Waals surface area contributed by atoms with Crippen LogP contribution in [0.4, 0.5) is 5.00 Å². The van der Waals surface area contributed by atoms with Gasteiger partial charge in [-0.25, -0.2) is 4.79 Å². The number of ether oxygens (including phenoxy) is 1. The van der Waals surface area contributed by atoms with Crippen molar-refractivity contribution in [2.75, 3.05) is 12.4 Å². The number of nitrogens with one attached hydrogen (secondary N) is 1. The SMILES string of the molecule is CCc1c(C)sc(NC(=O)[C@@H]2CC(C)=C(C)C[C@H]2C(=O)O)c1C(=O)OC. The van der Waals surface area contributed by atoms with E-state index in [1.54, 1.807) is 0 Å². The first-order valence-electron chi connectivity index (χ1n) is 8.60. The smallest absolute Gasteiger partial charge is 0.341 e. The van der Waals surface area contributed by atoms with Crippen LogP contribution in [0.15, 0.2) is 11.1 Å². The molecule has 142 valence electrons. The van der Waals surface area contributed by atoms with E-state index in [4.69, 9.17) is 4.74 Å². The largest absolute Gasteiger partial charge is 0.481 e. The highest BCUT2D eigenvalue weighted by Crippen LogP contribution is 2.38. The van der Waals surface area contributed by atoms with Gasteiger partial charge in [0, 0.05) is 4.88 Å². The topological polar surface area (TPSA) is 92.7 Å². The molecule has 6 nitrogen and oxygen atoms in total. The van der Waals surface area contributed by atoms with E-state index in [0.29, 0.717) is 29.8 Å². The third kappa shape index (κ3) is 3.82. The average molecular weight is 379 g/mol. The quantitative estimate of drug-likeness (QED) is 0.600. The van der Waals surface area contributed by atoms with Crippen molar-refractivity contribution in [1.82, 2.24) is 0 Å². The van der Waals surface area contributed by atoms with Crippen LogP contribution in [0, 0.1) is 18.8 Å². The van der Waals surface area contributed by atoms with Crippen LogP contribution in [0.3, 0.4) is 0 Å². The van der Waals surface area contributed by atoms with Gasteiger partial charge in [-0.15, -0.1) is 11.3 Å². The van der Waals surface area contributed by atoms with Crippen molar-refractivity contribution in [1.29, 1.82) is 0 Å². The molecule has 2 rings (SSSR count). The zero-order chi connectivity index (χ0) is 19.6. The maximum absolute atomic E-state index is 12.9. The fraction of sp³-hybridized carbons (Fsp3) is 0.526. The summed E-state index contributed by atoms with van der Waals surface area (Å²) in [5.41, 5.74) is 3.30. The first-order valence-corrected chi connectivity index (χ1v) is 9.42. The van der Waals surface area contributed by atoms with Crippen molar-refractivity contribution in [3.8, 4) is 0 Å². The van der Waals surface area contributed by atoms with Crippen molar-refractivity contribution in [3.63, 3.8) is 0 Å². The molecule has 0 radical (unpaired) electrons. The molecule has 7 heteroatoms. The first-order chi connectivity index (χ1) is 12.2. The molecule has 1 aliphatic carbocycles. The van der Waals surface area contributed by atoms with Crippen LogP contribution in [0.2, 0.25) is 0 Å². The second kappa shape index (κ2) is 8.03. The average Bonchev–Trinajstić information content (AvgIpc) is 2.90. The van der Waals surface area contributed by atoms with E-state index in [0.717, 1.165) is 21.6 Å². The van der Waals surface area contributed by atoms with Crippen LogP contribution in [-0.4, -0.2) is 30.1 Å². The lowest BCUT2D eigenvalue weighted by Crippen LogP contribution is -2.36. The van der Waals surface area contributed by atoms with Crippen LogP contribution < -0.4 is 5.32 Å². The summed E-state index contributed by atoms with van der Waals surface area (Å²) < 4.78 is 4.87. The standard InChI is InChI=1S/C19H25NO5S/c1-6-12-11(4)26-17(15(12)19(24)25-5)20-16(21)13-7-9(2)10(3)8-14(13)18(22)23/h13-14H,6-8H2,1-5H3,(H,20,21)(H,22,23)/t13-,14-/m1/s1. The maximum Gasteiger partial charge on any atom is 0.341 e. The zero-order valence-electron chi connectivity index (χ0n) is 15.8. The summed E-state index contributed by atoms with van der Waals surface area (Å²) in [6.07, 6.45) is 1.42. The molecule has 0 aliphatic heterocycles. The number of hydrogen-bond acceptors (Lipinski definition) is 5. The summed E-state index contributed by atoms with van der Waals surface area (Å²) in [6, 6.07) is 0. The second-order valence-corrected chi connectivity index (χ2v) is 7.92. The van der Waals surface area contributed by atoms with Crippen LogP contribution in [0.25, 0.3) is 0 Å². The fourth-order valence-corrected chi connectivity index (χ4v) is 4.58. The third-order valence-corrected chi connectivity index (χ3v) is 6.17. The Bertz CT molecular complexity index is 777. The number of carbonyl (C=O) groups excluding carboxylic acids is 2. The minimum atomic E-state index is -0.971. The summed E-state index contributed by atoms with van der Waals surface area (Å²) in [4.78, 5) is 37.6. The predicted octanol–water partition coefficient (Wildman–Crippen LogP) is 3.79. The summed E-state index contributed by atoms with van der Waals surface area (Å²) in [5.74, 6) is -3.24. The lowest BCUT2D eigenvalue weighted by Gasteiger charge is -2.29. The van der Waals surface area contributed by atoms with Gasteiger partial charge in [-0.05, 0) is 45.6 Å². The zero-order valence-corrected chi connectivity index (χ0v) is 16.6. The molecule has 1 aromatic heterocycles. The lowest BCUT2D eigenvalue weighted by molar-refractivity contribution is -0.146. The van der Waals surface area contributed by atoms with Gasteiger partial charge in [0.25, 0.3) is 0 Å². The Morgan fingerprint density at radius 3 is 2.23 bits per heavy atom. The lowest BCUT2D eigenvalue weighted by atomic mass is 9.76. The fourth-order valence-electron chi connectivity index (χ4n) is 3.44. The van der Waals surface area contributed by atoms with Gasteiger partial charge in [-0.2, -0.15) is 0 Å². The molecule has 1 aromatic rings. The molecular formula is C19H25NO5S. The van der Waals surface area contributed by atoms with Crippen molar-refractivity contribution in [2.45, 2.75) is 47.0 Å². The minimum absolute atomic E-state index is 0.363. The predicted molar refractivity (Wildman–Crippen MR) is 101 cm³/mol. The Labute approximate surface area is 157 Å². The number of anilines is 1.